The van der Waals surface area contributed by atoms with Crippen molar-refractivity contribution in [2.24, 2.45) is 0 Å². The minimum absolute atomic E-state index is 0. The molecule has 0 saturated carbocycles. The molecular weight excluding hydrogens is 283 g/mol. The van der Waals surface area contributed by atoms with E-state index in [1.54, 1.807) is 0 Å². The summed E-state index contributed by atoms with van der Waals surface area (Å²) in [6, 6.07) is 1.15. The summed E-state index contributed by atoms with van der Waals surface area (Å²) in [6.45, 7) is 6.25. The summed E-state index contributed by atoms with van der Waals surface area (Å²) in [6.07, 6.45) is 5.63. The van der Waals surface area contributed by atoms with Gasteiger partial charge in [-0.3, -0.25) is 0 Å². The van der Waals surface area contributed by atoms with Crippen LogP contribution < -0.4 is 10.2 Å². The lowest BCUT2D eigenvalue weighted by Gasteiger charge is -2.25. The van der Waals surface area contributed by atoms with E-state index in [1.807, 2.05) is 6.20 Å². The summed E-state index contributed by atoms with van der Waals surface area (Å²) >= 11 is 0. The molecule has 2 unspecified atom stereocenters. The van der Waals surface area contributed by atoms with E-state index in [4.69, 9.17) is 4.98 Å². The molecule has 0 aromatic carbocycles. The second kappa shape index (κ2) is 6.73. The van der Waals surface area contributed by atoms with E-state index >= 15 is 0 Å². The molecule has 0 amide bonds. The summed E-state index contributed by atoms with van der Waals surface area (Å²) in [4.78, 5) is 11.5. The Morgan fingerprint density at radius 1 is 1.26 bits per heavy atom. The zero-order valence-corrected chi connectivity index (χ0v) is 13.1. The first-order valence-corrected chi connectivity index (χ1v) is 6.68. The molecule has 3 heterocycles. The molecule has 1 N–H and O–H groups in total. The maximum Gasteiger partial charge on any atom is 0.225 e. The summed E-state index contributed by atoms with van der Waals surface area (Å²) in [5, 5.41) is 3.63. The molecule has 0 spiro atoms. The van der Waals surface area contributed by atoms with Crippen molar-refractivity contribution in [3.05, 3.63) is 17.5 Å². The molecule has 0 radical (unpaired) electrons. The SMILES string of the molecule is CCN(CC)c1ncc2c(n1)CC1CCC2N1.Cl.Cl. The Hall–Kier alpha value is -0.580. The largest absolute Gasteiger partial charge is 0.341 e. The zero-order valence-electron chi connectivity index (χ0n) is 11.4. The Balaban J connectivity index is 0.000000902. The quantitative estimate of drug-likeness (QED) is 0.931. The predicted molar refractivity (Wildman–Crippen MR) is 82.7 cm³/mol. The van der Waals surface area contributed by atoms with Crippen molar-refractivity contribution in [2.75, 3.05) is 18.0 Å². The maximum absolute atomic E-state index is 4.77. The van der Waals surface area contributed by atoms with Crippen LogP contribution in [0, 0.1) is 0 Å². The van der Waals surface area contributed by atoms with Gasteiger partial charge in [0.2, 0.25) is 5.95 Å². The van der Waals surface area contributed by atoms with Gasteiger partial charge in [0.05, 0.1) is 5.69 Å². The lowest BCUT2D eigenvalue weighted by Crippen LogP contribution is -2.33. The van der Waals surface area contributed by atoms with Crippen LogP contribution in [0.2, 0.25) is 0 Å². The number of nitrogens with one attached hydrogen (secondary N) is 1. The Morgan fingerprint density at radius 2 is 2.00 bits per heavy atom. The van der Waals surface area contributed by atoms with Gasteiger partial charge in [-0.2, -0.15) is 0 Å². The van der Waals surface area contributed by atoms with Crippen molar-refractivity contribution in [1.82, 2.24) is 15.3 Å². The van der Waals surface area contributed by atoms with Crippen molar-refractivity contribution in [1.29, 1.82) is 0 Å². The number of hydrogen-bond donors (Lipinski definition) is 1. The molecule has 2 aliphatic heterocycles. The number of halogens is 2. The molecule has 3 rings (SSSR count). The molecule has 6 heteroatoms. The van der Waals surface area contributed by atoms with E-state index in [0.29, 0.717) is 12.1 Å². The van der Waals surface area contributed by atoms with Crippen molar-refractivity contribution in [2.45, 2.75) is 45.2 Å². The molecule has 0 aliphatic carbocycles. The van der Waals surface area contributed by atoms with Gasteiger partial charge in [0.25, 0.3) is 0 Å². The third kappa shape index (κ3) is 2.96. The van der Waals surface area contributed by atoms with Gasteiger partial charge in [0.1, 0.15) is 0 Å². The molecule has 1 aromatic heterocycles. The van der Waals surface area contributed by atoms with Crippen LogP contribution in [-0.2, 0) is 6.42 Å². The molecule has 1 aromatic rings. The lowest BCUT2D eigenvalue weighted by molar-refractivity contribution is 0.503. The molecule has 1 fully saturated rings. The van der Waals surface area contributed by atoms with Gasteiger partial charge in [0, 0.05) is 43.4 Å². The van der Waals surface area contributed by atoms with E-state index in [0.717, 1.165) is 25.5 Å². The van der Waals surface area contributed by atoms with Gasteiger partial charge >= 0.3 is 0 Å². The first kappa shape index (κ1) is 16.5. The van der Waals surface area contributed by atoms with Gasteiger partial charge in [-0.05, 0) is 26.7 Å². The highest BCUT2D eigenvalue weighted by Crippen LogP contribution is 2.34. The standard InChI is InChI=1S/C13H20N4.2ClH/c1-3-17(4-2)13-14-8-10-11-6-5-9(15-11)7-12(10)16-13;;/h8-9,11,15H,3-7H2,1-2H3;2*1H. The van der Waals surface area contributed by atoms with Crippen molar-refractivity contribution < 1.29 is 0 Å². The molecule has 19 heavy (non-hydrogen) atoms. The molecular formula is C13H22Cl2N4. The second-order valence-electron chi connectivity index (χ2n) is 4.94. The van der Waals surface area contributed by atoms with Crippen molar-refractivity contribution in [3.8, 4) is 0 Å². The highest BCUT2D eigenvalue weighted by Gasteiger charge is 2.33. The minimum Gasteiger partial charge on any atom is -0.341 e. The number of nitrogens with zero attached hydrogens (tertiary/aromatic N) is 3. The van der Waals surface area contributed by atoms with E-state index < -0.39 is 0 Å². The van der Waals surface area contributed by atoms with Crippen LogP contribution in [0.1, 0.15) is 44.0 Å². The van der Waals surface area contributed by atoms with Crippen LogP contribution in [0.25, 0.3) is 0 Å². The fourth-order valence-electron chi connectivity index (χ4n) is 2.99. The van der Waals surface area contributed by atoms with Crippen molar-refractivity contribution in [3.63, 3.8) is 0 Å². The van der Waals surface area contributed by atoms with E-state index in [2.05, 4.69) is 29.0 Å². The highest BCUT2D eigenvalue weighted by molar-refractivity contribution is 5.85. The van der Waals surface area contributed by atoms with Gasteiger partial charge in [-0.25, -0.2) is 9.97 Å². The third-order valence-electron chi connectivity index (χ3n) is 3.99. The first-order valence-electron chi connectivity index (χ1n) is 6.68. The zero-order chi connectivity index (χ0) is 11.8. The van der Waals surface area contributed by atoms with Gasteiger partial charge in [0.15, 0.2) is 0 Å². The van der Waals surface area contributed by atoms with Gasteiger partial charge < -0.3 is 10.2 Å². The summed E-state index contributed by atoms with van der Waals surface area (Å²) in [5.74, 6) is 0.898. The molecule has 1 saturated heterocycles. The lowest BCUT2D eigenvalue weighted by atomic mass is 10.0. The molecule has 2 bridgehead atoms. The molecule has 108 valence electrons. The summed E-state index contributed by atoms with van der Waals surface area (Å²) in [5.41, 5.74) is 2.60. The fourth-order valence-corrected chi connectivity index (χ4v) is 2.99. The Morgan fingerprint density at radius 3 is 2.68 bits per heavy atom. The Bertz CT molecular complexity index is 423. The van der Waals surface area contributed by atoms with E-state index in [1.165, 1.54) is 24.1 Å². The first-order chi connectivity index (χ1) is 8.31. The maximum atomic E-state index is 4.77. The van der Waals surface area contributed by atoms with Crippen LogP contribution in [0.3, 0.4) is 0 Å². The predicted octanol–water partition coefficient (Wildman–Crippen LogP) is 2.52. The van der Waals surface area contributed by atoms with Crippen molar-refractivity contribution >= 4 is 30.8 Å². The van der Waals surface area contributed by atoms with Crippen LogP contribution in [0.4, 0.5) is 5.95 Å². The molecule has 2 atom stereocenters. The number of anilines is 1. The van der Waals surface area contributed by atoms with Crippen LogP contribution >= 0.6 is 24.8 Å². The smallest absolute Gasteiger partial charge is 0.225 e. The van der Waals surface area contributed by atoms with Gasteiger partial charge in [-0.15, -0.1) is 24.8 Å². The molecule has 2 aliphatic rings. The fraction of sp³-hybridized carbons (Fsp3) is 0.692. The topological polar surface area (TPSA) is 41.1 Å². The third-order valence-corrected chi connectivity index (χ3v) is 3.99. The summed E-state index contributed by atoms with van der Waals surface area (Å²) in [7, 11) is 0. The monoisotopic (exact) mass is 304 g/mol. The van der Waals surface area contributed by atoms with E-state index in [9.17, 15) is 0 Å². The number of hydrogen-bond acceptors (Lipinski definition) is 4. The minimum atomic E-state index is 0. The molecule has 4 nitrogen and oxygen atoms in total. The van der Waals surface area contributed by atoms with Crippen LogP contribution in [0.5, 0.6) is 0 Å². The van der Waals surface area contributed by atoms with Crippen LogP contribution in [-0.4, -0.2) is 29.1 Å². The number of aromatic nitrogens is 2. The highest BCUT2D eigenvalue weighted by atomic mass is 35.5. The average Bonchev–Trinajstić information content (AvgIpc) is 2.73. The van der Waals surface area contributed by atoms with Gasteiger partial charge in [-0.1, -0.05) is 0 Å². The number of fused-ring (bicyclic) bond motifs is 4. The average molecular weight is 305 g/mol. The Kier molecular flexibility index (Phi) is 5.83. The second-order valence-corrected chi connectivity index (χ2v) is 4.94. The number of rotatable bonds is 3. The normalized spacial score (nSPS) is 23.1. The van der Waals surface area contributed by atoms with E-state index in [-0.39, 0.29) is 24.8 Å². The van der Waals surface area contributed by atoms with Crippen LogP contribution in [0.15, 0.2) is 6.20 Å². The summed E-state index contributed by atoms with van der Waals surface area (Å²) < 4.78 is 0. The Labute approximate surface area is 127 Å².